The van der Waals surface area contributed by atoms with Crippen LogP contribution in [0.4, 0.5) is 4.79 Å². The highest BCUT2D eigenvalue weighted by Gasteiger charge is 2.22. The molecule has 0 fully saturated rings. The average Bonchev–Trinajstić information content (AvgIpc) is 2.42. The van der Waals surface area contributed by atoms with Gasteiger partial charge in [0.1, 0.15) is 6.04 Å². The largest absolute Gasteiger partial charge is 0.478 e. The van der Waals surface area contributed by atoms with Crippen LogP contribution in [0.15, 0.2) is 24.3 Å². The van der Waals surface area contributed by atoms with Crippen molar-refractivity contribution in [1.82, 2.24) is 10.6 Å². The van der Waals surface area contributed by atoms with Crippen LogP contribution in [0.5, 0.6) is 0 Å². The Hall–Kier alpha value is -2.57. The lowest BCUT2D eigenvalue weighted by Gasteiger charge is -2.20. The third kappa shape index (κ3) is 5.13. The number of carboxylic acids is 1. The SMILES string of the molecule is CC(C)C(NC(N)=O)C(=O)NCc1ccc(C(=O)O)cc1. The van der Waals surface area contributed by atoms with Crippen molar-refractivity contribution in [2.45, 2.75) is 26.4 Å². The molecule has 1 atom stereocenters. The number of rotatable bonds is 6. The zero-order valence-corrected chi connectivity index (χ0v) is 11.9. The maximum Gasteiger partial charge on any atom is 0.335 e. The first kappa shape index (κ1) is 16.5. The summed E-state index contributed by atoms with van der Waals surface area (Å²) < 4.78 is 0. The number of hydrogen-bond acceptors (Lipinski definition) is 3. The van der Waals surface area contributed by atoms with Gasteiger partial charge >= 0.3 is 12.0 Å². The monoisotopic (exact) mass is 293 g/mol. The molecule has 0 bridgehead atoms. The molecule has 5 N–H and O–H groups in total. The Balaban J connectivity index is 2.62. The van der Waals surface area contributed by atoms with Crippen molar-refractivity contribution in [2.24, 2.45) is 11.7 Å². The zero-order chi connectivity index (χ0) is 16.0. The fourth-order valence-corrected chi connectivity index (χ4v) is 1.75. The molecule has 7 nitrogen and oxygen atoms in total. The Labute approximate surface area is 122 Å². The summed E-state index contributed by atoms with van der Waals surface area (Å²) in [4.78, 5) is 33.6. The van der Waals surface area contributed by atoms with E-state index >= 15 is 0 Å². The van der Waals surface area contributed by atoms with Gasteiger partial charge in [-0.1, -0.05) is 26.0 Å². The van der Waals surface area contributed by atoms with E-state index in [1.165, 1.54) is 12.1 Å². The molecule has 0 radical (unpaired) electrons. The number of carbonyl (C=O) groups excluding carboxylic acids is 2. The van der Waals surface area contributed by atoms with Gasteiger partial charge in [0.2, 0.25) is 5.91 Å². The molecule has 0 aromatic heterocycles. The van der Waals surface area contributed by atoms with Gasteiger partial charge in [0.05, 0.1) is 5.56 Å². The molecule has 0 aliphatic rings. The molecule has 1 aromatic carbocycles. The van der Waals surface area contributed by atoms with Crippen molar-refractivity contribution in [2.75, 3.05) is 0 Å². The van der Waals surface area contributed by atoms with E-state index in [0.717, 1.165) is 5.56 Å². The predicted molar refractivity (Wildman–Crippen MR) is 76.6 cm³/mol. The minimum absolute atomic E-state index is 0.105. The quantitative estimate of drug-likeness (QED) is 0.616. The summed E-state index contributed by atoms with van der Waals surface area (Å²) in [6.07, 6.45) is 0. The number of nitrogens with two attached hydrogens (primary N) is 1. The number of nitrogens with one attached hydrogen (secondary N) is 2. The molecule has 21 heavy (non-hydrogen) atoms. The smallest absolute Gasteiger partial charge is 0.335 e. The van der Waals surface area contributed by atoms with Crippen LogP contribution in [-0.4, -0.2) is 29.1 Å². The lowest BCUT2D eigenvalue weighted by molar-refractivity contribution is -0.124. The number of carbonyl (C=O) groups is 3. The van der Waals surface area contributed by atoms with Crippen molar-refractivity contribution >= 4 is 17.9 Å². The summed E-state index contributed by atoms with van der Waals surface area (Å²) in [7, 11) is 0. The van der Waals surface area contributed by atoms with Crippen molar-refractivity contribution in [1.29, 1.82) is 0 Å². The first-order valence-corrected chi connectivity index (χ1v) is 6.47. The van der Waals surface area contributed by atoms with Gasteiger partial charge in [-0.2, -0.15) is 0 Å². The molecule has 0 aliphatic carbocycles. The Bertz CT molecular complexity index is 526. The highest BCUT2D eigenvalue weighted by molar-refractivity contribution is 5.88. The summed E-state index contributed by atoms with van der Waals surface area (Å²) in [5, 5.41) is 13.9. The van der Waals surface area contributed by atoms with Crippen LogP contribution in [0.1, 0.15) is 29.8 Å². The second kappa shape index (κ2) is 7.28. The van der Waals surface area contributed by atoms with Gasteiger partial charge in [-0.15, -0.1) is 0 Å². The van der Waals surface area contributed by atoms with E-state index in [1.54, 1.807) is 26.0 Å². The number of hydrogen-bond donors (Lipinski definition) is 4. The molecule has 114 valence electrons. The van der Waals surface area contributed by atoms with Crippen molar-refractivity contribution in [3.8, 4) is 0 Å². The Morgan fingerprint density at radius 2 is 1.76 bits per heavy atom. The zero-order valence-electron chi connectivity index (χ0n) is 11.9. The minimum atomic E-state index is -1.00. The van der Waals surface area contributed by atoms with E-state index in [9.17, 15) is 14.4 Å². The molecule has 0 saturated heterocycles. The molecular weight excluding hydrogens is 274 g/mol. The van der Waals surface area contributed by atoms with Crippen molar-refractivity contribution in [3.63, 3.8) is 0 Å². The molecule has 1 aromatic rings. The molecule has 0 spiro atoms. The van der Waals surface area contributed by atoms with E-state index in [-0.39, 0.29) is 23.9 Å². The fourth-order valence-electron chi connectivity index (χ4n) is 1.75. The van der Waals surface area contributed by atoms with E-state index in [1.807, 2.05) is 0 Å². The van der Waals surface area contributed by atoms with E-state index in [4.69, 9.17) is 10.8 Å². The molecular formula is C14H19N3O4. The van der Waals surface area contributed by atoms with Gasteiger partial charge < -0.3 is 21.5 Å². The third-order valence-corrected chi connectivity index (χ3v) is 2.91. The van der Waals surface area contributed by atoms with Crippen LogP contribution in [0.3, 0.4) is 0 Å². The van der Waals surface area contributed by atoms with Gasteiger partial charge in [0, 0.05) is 6.54 Å². The van der Waals surface area contributed by atoms with Gasteiger partial charge in [-0.05, 0) is 23.6 Å². The lowest BCUT2D eigenvalue weighted by atomic mass is 10.0. The first-order valence-electron chi connectivity index (χ1n) is 6.47. The maximum absolute atomic E-state index is 12.0. The van der Waals surface area contributed by atoms with Crippen LogP contribution in [-0.2, 0) is 11.3 Å². The fraction of sp³-hybridized carbons (Fsp3) is 0.357. The molecule has 0 aliphatic heterocycles. The van der Waals surface area contributed by atoms with Crippen LogP contribution in [0, 0.1) is 5.92 Å². The molecule has 7 heteroatoms. The minimum Gasteiger partial charge on any atom is -0.478 e. The predicted octanol–water partition coefficient (Wildman–Crippen LogP) is 0.694. The third-order valence-electron chi connectivity index (χ3n) is 2.91. The summed E-state index contributed by atoms with van der Waals surface area (Å²) in [6, 6.07) is 4.71. The number of primary amides is 1. The normalized spacial score (nSPS) is 11.8. The van der Waals surface area contributed by atoms with Gasteiger partial charge in [0.25, 0.3) is 0 Å². The molecule has 0 saturated carbocycles. The number of benzene rings is 1. The molecule has 0 heterocycles. The lowest BCUT2D eigenvalue weighted by Crippen LogP contribution is -2.51. The van der Waals surface area contributed by atoms with Crippen molar-refractivity contribution < 1.29 is 19.5 Å². The Morgan fingerprint density at radius 3 is 2.19 bits per heavy atom. The second-order valence-corrected chi connectivity index (χ2v) is 4.95. The summed E-state index contributed by atoms with van der Waals surface area (Å²) in [6.45, 7) is 3.83. The number of carboxylic acid groups (broad SMARTS) is 1. The van der Waals surface area contributed by atoms with E-state index < -0.39 is 18.0 Å². The maximum atomic E-state index is 12.0. The van der Waals surface area contributed by atoms with Gasteiger partial charge in [0.15, 0.2) is 0 Å². The van der Waals surface area contributed by atoms with Crippen LogP contribution < -0.4 is 16.4 Å². The Morgan fingerprint density at radius 1 is 1.19 bits per heavy atom. The molecule has 3 amide bonds. The highest BCUT2D eigenvalue weighted by Crippen LogP contribution is 2.06. The summed E-state index contributed by atoms with van der Waals surface area (Å²) >= 11 is 0. The first-order chi connectivity index (χ1) is 9.81. The van der Waals surface area contributed by atoms with Crippen LogP contribution in [0.25, 0.3) is 0 Å². The molecule has 1 rings (SSSR count). The summed E-state index contributed by atoms with van der Waals surface area (Å²) in [5.74, 6) is -1.45. The van der Waals surface area contributed by atoms with Gasteiger partial charge in [-0.25, -0.2) is 9.59 Å². The number of urea groups is 1. The van der Waals surface area contributed by atoms with E-state index in [0.29, 0.717) is 0 Å². The number of amides is 3. The summed E-state index contributed by atoms with van der Waals surface area (Å²) in [5.41, 5.74) is 5.98. The average molecular weight is 293 g/mol. The number of aromatic carboxylic acids is 1. The molecule has 1 unspecified atom stereocenters. The Kier molecular flexibility index (Phi) is 5.71. The topological polar surface area (TPSA) is 122 Å². The highest BCUT2D eigenvalue weighted by atomic mass is 16.4. The standard InChI is InChI=1S/C14H19N3O4/c1-8(2)11(17-14(15)21)12(18)16-7-9-3-5-10(6-4-9)13(19)20/h3-6,8,11H,7H2,1-2H3,(H,16,18)(H,19,20)(H3,15,17,21). The second-order valence-electron chi connectivity index (χ2n) is 4.95. The van der Waals surface area contributed by atoms with Gasteiger partial charge in [-0.3, -0.25) is 4.79 Å². The van der Waals surface area contributed by atoms with Crippen LogP contribution in [0.2, 0.25) is 0 Å². The van der Waals surface area contributed by atoms with E-state index in [2.05, 4.69) is 10.6 Å². The van der Waals surface area contributed by atoms with Crippen molar-refractivity contribution in [3.05, 3.63) is 35.4 Å². The van der Waals surface area contributed by atoms with Crippen LogP contribution >= 0.6 is 0 Å².